The number of carbonyl (C=O) groups is 1. The van der Waals surface area contributed by atoms with Gasteiger partial charge in [-0.25, -0.2) is 0 Å². The van der Waals surface area contributed by atoms with Crippen molar-refractivity contribution in [1.29, 1.82) is 0 Å². The lowest BCUT2D eigenvalue weighted by Crippen LogP contribution is -2.50. The summed E-state index contributed by atoms with van der Waals surface area (Å²) < 4.78 is 0. The standard InChI is InChI=1S/C15H21ClN2O/c1-15(2,11-5-7-12(16)8-6-11)14(19)18-13-4-3-9-17-10-13/h5-8,13,17H,3-4,9-10H2,1-2H3,(H,18,19)/t13-/m0/s1. The molecule has 4 heteroatoms. The van der Waals surface area contributed by atoms with Crippen LogP contribution in [0, 0.1) is 0 Å². The first kappa shape index (κ1) is 14.4. The zero-order valence-corrected chi connectivity index (χ0v) is 12.3. The molecule has 1 aromatic carbocycles. The Bertz CT molecular complexity index is 436. The van der Waals surface area contributed by atoms with E-state index in [1.165, 1.54) is 0 Å². The maximum absolute atomic E-state index is 12.4. The van der Waals surface area contributed by atoms with Crippen molar-refractivity contribution in [2.75, 3.05) is 13.1 Å². The van der Waals surface area contributed by atoms with Crippen LogP contribution in [0.5, 0.6) is 0 Å². The van der Waals surface area contributed by atoms with E-state index < -0.39 is 5.41 Å². The van der Waals surface area contributed by atoms with Gasteiger partial charge >= 0.3 is 0 Å². The second-order valence-corrected chi connectivity index (χ2v) is 6.09. The van der Waals surface area contributed by atoms with E-state index in [9.17, 15) is 4.79 Å². The van der Waals surface area contributed by atoms with Gasteiger partial charge in [0.15, 0.2) is 0 Å². The Kier molecular flexibility index (Phi) is 4.48. The Morgan fingerprint density at radius 1 is 1.37 bits per heavy atom. The minimum Gasteiger partial charge on any atom is -0.351 e. The van der Waals surface area contributed by atoms with Crippen LogP contribution in [-0.2, 0) is 10.2 Å². The van der Waals surface area contributed by atoms with Crippen LogP contribution in [-0.4, -0.2) is 25.0 Å². The number of amides is 1. The molecule has 1 fully saturated rings. The van der Waals surface area contributed by atoms with E-state index in [2.05, 4.69) is 10.6 Å². The zero-order valence-electron chi connectivity index (χ0n) is 11.5. The molecule has 1 atom stereocenters. The summed E-state index contributed by atoms with van der Waals surface area (Å²) in [4.78, 5) is 12.4. The van der Waals surface area contributed by atoms with Gasteiger partial charge in [0, 0.05) is 17.6 Å². The first-order valence-electron chi connectivity index (χ1n) is 6.78. The summed E-state index contributed by atoms with van der Waals surface area (Å²) in [5.74, 6) is 0.0727. The van der Waals surface area contributed by atoms with Crippen molar-refractivity contribution in [1.82, 2.24) is 10.6 Å². The molecule has 2 rings (SSSR count). The molecule has 3 nitrogen and oxygen atoms in total. The highest BCUT2D eigenvalue weighted by Crippen LogP contribution is 2.25. The summed E-state index contributed by atoms with van der Waals surface area (Å²) in [6, 6.07) is 7.73. The van der Waals surface area contributed by atoms with Gasteiger partial charge in [0.25, 0.3) is 0 Å². The summed E-state index contributed by atoms with van der Waals surface area (Å²) in [5.41, 5.74) is 0.445. The molecule has 1 heterocycles. The molecule has 1 aliphatic rings. The van der Waals surface area contributed by atoms with Crippen molar-refractivity contribution in [3.8, 4) is 0 Å². The van der Waals surface area contributed by atoms with E-state index in [1.54, 1.807) is 0 Å². The van der Waals surface area contributed by atoms with E-state index in [0.717, 1.165) is 31.5 Å². The maximum atomic E-state index is 12.4. The molecule has 0 bridgehead atoms. The van der Waals surface area contributed by atoms with Crippen LogP contribution in [0.1, 0.15) is 32.3 Å². The van der Waals surface area contributed by atoms with E-state index in [4.69, 9.17) is 11.6 Å². The Balaban J connectivity index is 2.05. The quantitative estimate of drug-likeness (QED) is 0.893. The van der Waals surface area contributed by atoms with Gasteiger partial charge < -0.3 is 10.6 Å². The molecule has 0 unspecified atom stereocenters. The predicted octanol–water partition coefficient (Wildman–Crippen LogP) is 2.49. The molecule has 1 saturated heterocycles. The molecule has 0 radical (unpaired) electrons. The van der Waals surface area contributed by atoms with Crippen LogP contribution >= 0.6 is 11.6 Å². The third-order valence-electron chi connectivity index (χ3n) is 3.77. The van der Waals surface area contributed by atoms with Crippen LogP contribution < -0.4 is 10.6 Å². The number of hydrogen-bond acceptors (Lipinski definition) is 2. The van der Waals surface area contributed by atoms with E-state index in [0.29, 0.717) is 5.02 Å². The molecular weight excluding hydrogens is 260 g/mol. The average Bonchev–Trinajstić information content (AvgIpc) is 2.40. The molecule has 104 valence electrons. The molecule has 0 spiro atoms. The smallest absolute Gasteiger partial charge is 0.230 e. The van der Waals surface area contributed by atoms with Gasteiger partial charge in [-0.1, -0.05) is 23.7 Å². The first-order chi connectivity index (χ1) is 9.00. The Labute approximate surface area is 119 Å². The van der Waals surface area contributed by atoms with Gasteiger partial charge in [0.05, 0.1) is 5.41 Å². The predicted molar refractivity (Wildman–Crippen MR) is 78.5 cm³/mol. The number of halogens is 1. The summed E-state index contributed by atoms with van der Waals surface area (Å²) in [6.45, 7) is 5.80. The highest BCUT2D eigenvalue weighted by atomic mass is 35.5. The highest BCUT2D eigenvalue weighted by Gasteiger charge is 2.31. The normalized spacial score (nSPS) is 20.1. The lowest BCUT2D eigenvalue weighted by molar-refractivity contribution is -0.126. The number of rotatable bonds is 3. The van der Waals surface area contributed by atoms with Gasteiger partial charge in [-0.05, 0) is 50.9 Å². The fourth-order valence-corrected chi connectivity index (χ4v) is 2.46. The lowest BCUT2D eigenvalue weighted by atomic mass is 9.83. The number of benzene rings is 1. The minimum atomic E-state index is -0.540. The summed E-state index contributed by atoms with van der Waals surface area (Å²) in [5, 5.41) is 7.14. The molecular formula is C15H21ClN2O. The average molecular weight is 281 g/mol. The third kappa shape index (κ3) is 3.48. The second kappa shape index (κ2) is 5.93. The van der Waals surface area contributed by atoms with Crippen molar-refractivity contribution in [3.63, 3.8) is 0 Å². The molecule has 1 aromatic rings. The van der Waals surface area contributed by atoms with Gasteiger partial charge in [-0.15, -0.1) is 0 Å². The molecule has 0 saturated carbocycles. The minimum absolute atomic E-state index is 0.0727. The number of hydrogen-bond donors (Lipinski definition) is 2. The molecule has 1 amide bonds. The van der Waals surface area contributed by atoms with Crippen molar-refractivity contribution < 1.29 is 4.79 Å². The zero-order chi connectivity index (χ0) is 13.9. The van der Waals surface area contributed by atoms with Gasteiger partial charge in [0.2, 0.25) is 5.91 Å². The number of nitrogens with one attached hydrogen (secondary N) is 2. The number of piperidine rings is 1. The van der Waals surface area contributed by atoms with Crippen LogP contribution in [0.25, 0.3) is 0 Å². The Morgan fingerprint density at radius 3 is 2.63 bits per heavy atom. The Morgan fingerprint density at radius 2 is 2.05 bits per heavy atom. The molecule has 2 N–H and O–H groups in total. The molecule has 0 aliphatic carbocycles. The van der Waals surface area contributed by atoms with Gasteiger partial charge in [-0.2, -0.15) is 0 Å². The fraction of sp³-hybridized carbons (Fsp3) is 0.533. The van der Waals surface area contributed by atoms with Crippen molar-refractivity contribution in [2.24, 2.45) is 0 Å². The van der Waals surface area contributed by atoms with Crippen LogP contribution in [0.4, 0.5) is 0 Å². The van der Waals surface area contributed by atoms with Gasteiger partial charge in [0.1, 0.15) is 0 Å². The van der Waals surface area contributed by atoms with E-state index in [1.807, 2.05) is 38.1 Å². The summed E-state index contributed by atoms with van der Waals surface area (Å²) >= 11 is 5.89. The summed E-state index contributed by atoms with van der Waals surface area (Å²) in [6.07, 6.45) is 2.17. The molecule has 0 aromatic heterocycles. The topological polar surface area (TPSA) is 41.1 Å². The van der Waals surface area contributed by atoms with Gasteiger partial charge in [-0.3, -0.25) is 4.79 Å². The van der Waals surface area contributed by atoms with E-state index >= 15 is 0 Å². The van der Waals surface area contributed by atoms with Crippen LogP contribution in [0.2, 0.25) is 5.02 Å². The van der Waals surface area contributed by atoms with E-state index in [-0.39, 0.29) is 11.9 Å². The van der Waals surface area contributed by atoms with Crippen molar-refractivity contribution in [3.05, 3.63) is 34.9 Å². The summed E-state index contributed by atoms with van der Waals surface area (Å²) in [7, 11) is 0. The van der Waals surface area contributed by atoms with Crippen LogP contribution in [0.3, 0.4) is 0 Å². The maximum Gasteiger partial charge on any atom is 0.230 e. The highest BCUT2D eigenvalue weighted by molar-refractivity contribution is 6.30. The van der Waals surface area contributed by atoms with Crippen LogP contribution in [0.15, 0.2) is 24.3 Å². The monoisotopic (exact) mass is 280 g/mol. The SMILES string of the molecule is CC(C)(C(=O)N[C@H]1CCCNC1)c1ccc(Cl)cc1. The second-order valence-electron chi connectivity index (χ2n) is 5.65. The third-order valence-corrected chi connectivity index (χ3v) is 4.02. The largest absolute Gasteiger partial charge is 0.351 e. The molecule has 19 heavy (non-hydrogen) atoms. The Hall–Kier alpha value is -1.06. The fourth-order valence-electron chi connectivity index (χ4n) is 2.34. The molecule has 1 aliphatic heterocycles. The number of carbonyl (C=O) groups excluding carboxylic acids is 1. The van der Waals surface area contributed by atoms with Crippen molar-refractivity contribution >= 4 is 17.5 Å². The van der Waals surface area contributed by atoms with Crippen molar-refractivity contribution in [2.45, 2.75) is 38.1 Å². The first-order valence-corrected chi connectivity index (χ1v) is 7.15. The lowest BCUT2D eigenvalue weighted by Gasteiger charge is -2.30.